The number of halogens is 1. The van der Waals surface area contributed by atoms with E-state index in [2.05, 4.69) is 5.32 Å². The number of hydrogen-bond acceptors (Lipinski definition) is 4. The first-order valence-electron chi connectivity index (χ1n) is 6.36. The Bertz CT molecular complexity index is 451. The maximum atomic E-state index is 13.1. The Morgan fingerprint density at radius 3 is 2.75 bits per heavy atom. The lowest BCUT2D eigenvalue weighted by Gasteiger charge is -2.18. The molecule has 20 heavy (non-hydrogen) atoms. The standard InChI is InChI=1S/C14H20FNO4/c1-9(17)12-8-11(15)4-5-13(12)20-10(2)14(18)16-6-7-19-3/h4-5,8-10,17H,6-7H2,1-3H3,(H,16,18). The van der Waals surface area contributed by atoms with Gasteiger partial charge in [0.2, 0.25) is 0 Å². The minimum atomic E-state index is -0.885. The molecule has 2 unspecified atom stereocenters. The molecule has 6 heteroatoms. The van der Waals surface area contributed by atoms with Gasteiger partial charge in [0.25, 0.3) is 5.91 Å². The Kier molecular flexibility index (Phi) is 6.41. The van der Waals surface area contributed by atoms with Crippen molar-refractivity contribution in [2.45, 2.75) is 26.1 Å². The minimum absolute atomic E-state index is 0.288. The zero-order valence-corrected chi connectivity index (χ0v) is 11.9. The first-order valence-corrected chi connectivity index (χ1v) is 6.36. The number of aliphatic hydroxyl groups is 1. The number of methoxy groups -OCH3 is 1. The Balaban J connectivity index is 2.70. The fourth-order valence-electron chi connectivity index (χ4n) is 1.62. The Hall–Kier alpha value is -1.66. The summed E-state index contributed by atoms with van der Waals surface area (Å²) < 4.78 is 23.4. The van der Waals surface area contributed by atoms with Gasteiger partial charge in [-0.2, -0.15) is 0 Å². The highest BCUT2D eigenvalue weighted by Gasteiger charge is 2.18. The number of benzene rings is 1. The molecule has 1 aromatic rings. The minimum Gasteiger partial charge on any atom is -0.481 e. The first kappa shape index (κ1) is 16.4. The van der Waals surface area contributed by atoms with E-state index in [0.29, 0.717) is 18.7 Å². The van der Waals surface area contributed by atoms with Gasteiger partial charge >= 0.3 is 0 Å². The normalized spacial score (nSPS) is 13.7. The van der Waals surface area contributed by atoms with E-state index < -0.39 is 18.0 Å². The molecular formula is C14H20FNO4. The fraction of sp³-hybridized carbons (Fsp3) is 0.500. The molecule has 1 rings (SSSR count). The van der Waals surface area contributed by atoms with Crippen molar-refractivity contribution in [1.29, 1.82) is 0 Å². The third kappa shape index (κ3) is 4.79. The average molecular weight is 285 g/mol. The van der Waals surface area contributed by atoms with E-state index in [0.717, 1.165) is 0 Å². The summed E-state index contributed by atoms with van der Waals surface area (Å²) in [6, 6.07) is 3.81. The second-order valence-corrected chi connectivity index (χ2v) is 4.40. The lowest BCUT2D eigenvalue weighted by Crippen LogP contribution is -2.38. The van der Waals surface area contributed by atoms with Gasteiger partial charge < -0.3 is 19.9 Å². The van der Waals surface area contributed by atoms with Gasteiger partial charge in [-0.05, 0) is 32.0 Å². The van der Waals surface area contributed by atoms with E-state index in [1.807, 2.05) is 0 Å². The lowest BCUT2D eigenvalue weighted by atomic mass is 10.1. The molecule has 0 fully saturated rings. The first-order chi connectivity index (χ1) is 9.45. The Labute approximate surface area is 117 Å². The van der Waals surface area contributed by atoms with E-state index in [-0.39, 0.29) is 11.7 Å². The second kappa shape index (κ2) is 7.81. The number of rotatable bonds is 7. The Morgan fingerprint density at radius 2 is 2.15 bits per heavy atom. The summed E-state index contributed by atoms with van der Waals surface area (Å²) in [6.07, 6.45) is -1.64. The van der Waals surface area contributed by atoms with Crippen LogP contribution in [0, 0.1) is 5.82 Å². The van der Waals surface area contributed by atoms with Crippen LogP contribution < -0.4 is 10.1 Å². The Morgan fingerprint density at radius 1 is 1.45 bits per heavy atom. The van der Waals surface area contributed by atoms with Crippen LogP contribution in [0.2, 0.25) is 0 Å². The van der Waals surface area contributed by atoms with Crippen LogP contribution in [-0.2, 0) is 9.53 Å². The molecule has 0 aliphatic heterocycles. The van der Waals surface area contributed by atoms with Crippen LogP contribution in [0.5, 0.6) is 5.75 Å². The quantitative estimate of drug-likeness (QED) is 0.743. The summed E-state index contributed by atoms with van der Waals surface area (Å²) in [4.78, 5) is 11.7. The van der Waals surface area contributed by atoms with Gasteiger partial charge in [-0.3, -0.25) is 4.79 Å². The summed E-state index contributed by atoms with van der Waals surface area (Å²) in [5.41, 5.74) is 0.307. The zero-order valence-electron chi connectivity index (χ0n) is 11.9. The van der Waals surface area contributed by atoms with Crippen LogP contribution in [0.3, 0.4) is 0 Å². The molecule has 0 radical (unpaired) electrons. The molecule has 5 nitrogen and oxygen atoms in total. The number of carbonyl (C=O) groups is 1. The van der Waals surface area contributed by atoms with Crippen LogP contribution in [0.1, 0.15) is 25.5 Å². The zero-order chi connectivity index (χ0) is 15.1. The summed E-state index contributed by atoms with van der Waals surface area (Å²) in [6.45, 7) is 3.88. The lowest BCUT2D eigenvalue weighted by molar-refractivity contribution is -0.127. The van der Waals surface area contributed by atoms with Crippen molar-refractivity contribution in [2.75, 3.05) is 20.3 Å². The van der Waals surface area contributed by atoms with Gasteiger partial charge in [0, 0.05) is 19.2 Å². The van der Waals surface area contributed by atoms with Crippen molar-refractivity contribution in [3.63, 3.8) is 0 Å². The van der Waals surface area contributed by atoms with E-state index >= 15 is 0 Å². The van der Waals surface area contributed by atoms with Gasteiger partial charge in [-0.1, -0.05) is 0 Å². The highest BCUT2D eigenvalue weighted by atomic mass is 19.1. The molecule has 2 N–H and O–H groups in total. The van der Waals surface area contributed by atoms with Crippen molar-refractivity contribution in [2.24, 2.45) is 0 Å². The molecule has 0 spiro atoms. The predicted molar refractivity (Wildman–Crippen MR) is 72.0 cm³/mol. The molecule has 0 aliphatic rings. The van der Waals surface area contributed by atoms with Crippen molar-refractivity contribution in [1.82, 2.24) is 5.32 Å². The molecule has 0 saturated heterocycles. The highest BCUT2D eigenvalue weighted by molar-refractivity contribution is 5.80. The molecule has 1 amide bonds. The SMILES string of the molecule is COCCNC(=O)C(C)Oc1ccc(F)cc1C(C)O. The monoisotopic (exact) mass is 285 g/mol. The van der Waals surface area contributed by atoms with Crippen molar-refractivity contribution in [3.05, 3.63) is 29.6 Å². The van der Waals surface area contributed by atoms with Crippen LogP contribution >= 0.6 is 0 Å². The number of hydrogen-bond donors (Lipinski definition) is 2. The van der Waals surface area contributed by atoms with Crippen molar-refractivity contribution < 1.29 is 23.8 Å². The number of amides is 1. The molecule has 2 atom stereocenters. The van der Waals surface area contributed by atoms with Gasteiger partial charge in [0.05, 0.1) is 12.7 Å². The highest BCUT2D eigenvalue weighted by Crippen LogP contribution is 2.26. The predicted octanol–water partition coefficient (Wildman–Crippen LogP) is 1.41. The smallest absolute Gasteiger partial charge is 0.260 e. The van der Waals surface area contributed by atoms with Gasteiger partial charge in [-0.25, -0.2) is 4.39 Å². The van der Waals surface area contributed by atoms with Gasteiger partial charge in [0.15, 0.2) is 6.10 Å². The molecule has 0 aromatic heterocycles. The fourth-order valence-corrected chi connectivity index (χ4v) is 1.62. The number of aliphatic hydroxyl groups excluding tert-OH is 1. The van der Waals surface area contributed by atoms with Gasteiger partial charge in [0.1, 0.15) is 11.6 Å². The summed E-state index contributed by atoms with van der Waals surface area (Å²) in [5.74, 6) is -0.482. The molecule has 0 aliphatic carbocycles. The maximum Gasteiger partial charge on any atom is 0.260 e. The molecule has 0 saturated carbocycles. The van der Waals surface area contributed by atoms with Crippen molar-refractivity contribution >= 4 is 5.91 Å². The number of ether oxygens (including phenoxy) is 2. The van der Waals surface area contributed by atoms with Crippen molar-refractivity contribution in [3.8, 4) is 5.75 Å². The van der Waals surface area contributed by atoms with E-state index in [9.17, 15) is 14.3 Å². The summed E-state index contributed by atoms with van der Waals surface area (Å²) >= 11 is 0. The molecular weight excluding hydrogens is 265 g/mol. The van der Waals surface area contributed by atoms with E-state index in [1.54, 1.807) is 14.0 Å². The van der Waals surface area contributed by atoms with Crippen LogP contribution in [0.4, 0.5) is 4.39 Å². The largest absolute Gasteiger partial charge is 0.481 e. The van der Waals surface area contributed by atoms with Crippen LogP contribution in [0.25, 0.3) is 0 Å². The maximum absolute atomic E-state index is 13.1. The number of carbonyl (C=O) groups excluding carboxylic acids is 1. The topological polar surface area (TPSA) is 67.8 Å². The molecule has 1 aromatic carbocycles. The average Bonchev–Trinajstić information content (AvgIpc) is 2.40. The van der Waals surface area contributed by atoms with E-state index in [1.165, 1.54) is 25.1 Å². The van der Waals surface area contributed by atoms with E-state index in [4.69, 9.17) is 9.47 Å². The van der Waals surface area contributed by atoms with Crippen LogP contribution in [0.15, 0.2) is 18.2 Å². The molecule has 0 bridgehead atoms. The van der Waals surface area contributed by atoms with Gasteiger partial charge in [-0.15, -0.1) is 0 Å². The number of nitrogens with one attached hydrogen (secondary N) is 1. The summed E-state index contributed by atoms with van der Waals surface area (Å²) in [7, 11) is 1.54. The molecule has 112 valence electrons. The third-order valence-electron chi connectivity index (χ3n) is 2.70. The molecule has 0 heterocycles. The second-order valence-electron chi connectivity index (χ2n) is 4.40. The third-order valence-corrected chi connectivity index (χ3v) is 2.70. The van der Waals surface area contributed by atoms with Crippen LogP contribution in [-0.4, -0.2) is 37.4 Å². The summed E-state index contributed by atoms with van der Waals surface area (Å²) in [5, 5.41) is 12.2.